The summed E-state index contributed by atoms with van der Waals surface area (Å²) < 4.78 is 7.59. The predicted octanol–water partition coefficient (Wildman–Crippen LogP) is 24.9. The highest BCUT2D eigenvalue weighted by Crippen LogP contribution is 2.54. The molecule has 20 rings (SSSR count). The molecule has 0 N–H and O–H groups in total. The van der Waals surface area contributed by atoms with Crippen molar-refractivity contribution < 1.29 is 0 Å². The minimum atomic E-state index is -0.186. The van der Waals surface area contributed by atoms with E-state index in [2.05, 4.69) is 387 Å². The van der Waals surface area contributed by atoms with Gasteiger partial charge >= 0.3 is 0 Å². The summed E-state index contributed by atoms with van der Waals surface area (Å²) in [6.07, 6.45) is 2.25. The summed E-state index contributed by atoms with van der Waals surface area (Å²) in [5, 5.41) is 7.49. The van der Waals surface area contributed by atoms with Gasteiger partial charge in [-0.1, -0.05) is 255 Å². The number of aromatic nitrogens is 3. The summed E-state index contributed by atoms with van der Waals surface area (Å²) in [5.74, 6) is 0. The third-order valence-electron chi connectivity index (χ3n) is 25.1. The Morgan fingerprint density at radius 3 is 0.953 bits per heavy atom. The Balaban J connectivity index is 0.877. The fraction of sp³-hybridized carbons (Fsp3) is 0.220. The van der Waals surface area contributed by atoms with Gasteiger partial charge in [-0.15, -0.1) is 0 Å². The fourth-order valence-corrected chi connectivity index (χ4v) is 20.5. The number of hydrogen-bond donors (Lipinski definition) is 0. The highest BCUT2D eigenvalue weighted by molar-refractivity contribution is 7.00. The summed E-state index contributed by atoms with van der Waals surface area (Å²) >= 11 is 0. The van der Waals surface area contributed by atoms with Gasteiger partial charge in [0.25, 0.3) is 6.71 Å². The van der Waals surface area contributed by atoms with Crippen LogP contribution < -0.4 is 26.2 Å². The van der Waals surface area contributed by atoms with Crippen LogP contribution in [-0.2, 0) is 32.5 Å². The molecule has 3 aromatic heterocycles. The number of benzene rings is 13. The standard InChI is InChI=1S/C100H90BN5/c1-95(2,3)65-37-49-88-76(53-65)74-25-17-21-29-86(74)104(88)69-43-47-82-90(55-69)102(67-39-31-61(32-40-67)63-35-45-78-80(51-63)99(11,12)59-97(78,7)8)92-57-71(106-84-27-19-15-23-72(84)73-24-16-20-28-85(73)106)58-93-94(92)101(82)83-48-44-70(105-87-30-22-18-26-75(87)77-54-66(96(4,5)6)38-50-89(77)105)56-91(83)103(93)68-41-33-62(34-42-68)64-36-46-79-81(52-64)100(13,14)60-98(79,9)10/h15-58H,59-60H2,1-14H3. The topological polar surface area (TPSA) is 21.3 Å². The van der Waals surface area contributed by atoms with Gasteiger partial charge in [0.15, 0.2) is 0 Å². The van der Waals surface area contributed by atoms with E-state index in [1.807, 2.05) is 0 Å². The molecule has 6 heteroatoms. The highest BCUT2D eigenvalue weighted by atomic mass is 15.2. The van der Waals surface area contributed by atoms with Crippen LogP contribution in [0.4, 0.5) is 34.1 Å². The Hall–Kier alpha value is -11.1. The van der Waals surface area contributed by atoms with Crippen molar-refractivity contribution >= 4 is 123 Å². The first-order chi connectivity index (χ1) is 50.8. The van der Waals surface area contributed by atoms with Gasteiger partial charge in [0, 0.05) is 77.8 Å². The molecule has 0 saturated carbocycles. The largest absolute Gasteiger partial charge is 0.311 e. The maximum atomic E-state index is 2.64. The minimum absolute atomic E-state index is 0.0228. The molecule has 2 aliphatic heterocycles. The smallest absolute Gasteiger partial charge is 0.252 e. The SMILES string of the molecule is CC(C)(C)c1ccc2c(c1)c1ccccc1n2-c1ccc2c(c1)N(c1ccc(-c3ccc4c(c3)C(C)(C)CC4(C)C)cc1)c1cc(-n3c4ccccc4c4ccccc43)cc3c1B2c1ccc(-n2c4ccccc4c4cc(C(C)(C)C)ccc42)cc1N3c1ccc(-c2ccc3c(c2)C(C)(C)CC3(C)C)cc1. The molecule has 2 aliphatic carbocycles. The van der Waals surface area contributed by atoms with Crippen molar-refractivity contribution in [2.45, 2.75) is 142 Å². The van der Waals surface area contributed by atoms with Gasteiger partial charge in [-0.2, -0.15) is 0 Å². The second-order valence-electron chi connectivity index (χ2n) is 36.0. The van der Waals surface area contributed by atoms with Crippen molar-refractivity contribution in [3.05, 3.63) is 300 Å². The molecule has 518 valence electrons. The number of rotatable bonds is 7. The van der Waals surface area contributed by atoms with Gasteiger partial charge in [-0.05, 0) is 227 Å². The molecule has 0 saturated heterocycles. The zero-order valence-electron chi connectivity index (χ0n) is 63.6. The molecular weight excluding hydrogens is 1280 g/mol. The van der Waals surface area contributed by atoms with Crippen LogP contribution in [0, 0.1) is 0 Å². The van der Waals surface area contributed by atoms with E-state index in [1.165, 1.54) is 137 Å². The van der Waals surface area contributed by atoms with Crippen LogP contribution in [0.25, 0.3) is 105 Å². The zero-order chi connectivity index (χ0) is 72.6. The van der Waals surface area contributed by atoms with Gasteiger partial charge in [0.1, 0.15) is 0 Å². The van der Waals surface area contributed by atoms with E-state index >= 15 is 0 Å². The van der Waals surface area contributed by atoms with Gasteiger partial charge < -0.3 is 23.5 Å². The lowest BCUT2D eigenvalue weighted by atomic mass is 9.33. The Labute approximate surface area is 624 Å². The number of anilines is 6. The molecule has 13 aromatic carbocycles. The zero-order valence-corrected chi connectivity index (χ0v) is 63.6. The average molecular weight is 1370 g/mol. The highest BCUT2D eigenvalue weighted by Gasteiger charge is 2.46. The van der Waals surface area contributed by atoms with Crippen LogP contribution in [0.5, 0.6) is 0 Å². The minimum Gasteiger partial charge on any atom is -0.311 e. The molecule has 5 heterocycles. The predicted molar refractivity (Wildman–Crippen MR) is 453 cm³/mol. The number of fused-ring (bicyclic) bond motifs is 15. The van der Waals surface area contributed by atoms with Crippen molar-refractivity contribution in [1.29, 1.82) is 0 Å². The molecule has 0 radical (unpaired) electrons. The van der Waals surface area contributed by atoms with E-state index in [1.54, 1.807) is 0 Å². The van der Waals surface area contributed by atoms with Crippen molar-refractivity contribution in [2.75, 3.05) is 9.80 Å². The average Bonchev–Trinajstić information content (AvgIpc) is 1.13. The second-order valence-corrected chi connectivity index (χ2v) is 36.0. The van der Waals surface area contributed by atoms with Crippen molar-refractivity contribution in [3.63, 3.8) is 0 Å². The molecular formula is C100H90BN5. The molecule has 106 heavy (non-hydrogen) atoms. The fourth-order valence-electron chi connectivity index (χ4n) is 20.5. The van der Waals surface area contributed by atoms with Crippen molar-refractivity contribution in [1.82, 2.24) is 13.7 Å². The molecule has 5 nitrogen and oxygen atoms in total. The summed E-state index contributed by atoms with van der Waals surface area (Å²) in [7, 11) is 0. The van der Waals surface area contributed by atoms with E-state index in [0.717, 1.165) is 64.0 Å². The maximum absolute atomic E-state index is 2.64. The third kappa shape index (κ3) is 9.54. The summed E-state index contributed by atoms with van der Waals surface area (Å²) in [5.41, 5.74) is 34.7. The van der Waals surface area contributed by atoms with E-state index in [9.17, 15) is 0 Å². The van der Waals surface area contributed by atoms with Crippen LogP contribution in [0.1, 0.15) is 143 Å². The first-order valence-electron chi connectivity index (χ1n) is 38.4. The lowest BCUT2D eigenvalue weighted by Gasteiger charge is -2.44. The quantitative estimate of drug-likeness (QED) is 0.148. The van der Waals surface area contributed by atoms with Gasteiger partial charge in [0.2, 0.25) is 0 Å². The summed E-state index contributed by atoms with van der Waals surface area (Å²) in [6, 6.07) is 104. The Morgan fingerprint density at radius 2 is 0.575 bits per heavy atom. The van der Waals surface area contributed by atoms with Crippen LogP contribution in [-0.4, -0.2) is 20.4 Å². The first kappa shape index (κ1) is 64.5. The molecule has 0 bridgehead atoms. The third-order valence-corrected chi connectivity index (χ3v) is 25.1. The molecule has 0 fully saturated rings. The summed E-state index contributed by atoms with van der Waals surface area (Å²) in [4.78, 5) is 5.27. The van der Waals surface area contributed by atoms with Crippen LogP contribution in [0.3, 0.4) is 0 Å². The van der Waals surface area contributed by atoms with E-state index in [0.29, 0.717) is 0 Å². The Bertz CT molecular complexity index is 6040. The molecule has 0 spiro atoms. The Morgan fingerprint density at radius 1 is 0.264 bits per heavy atom. The van der Waals surface area contributed by atoms with Crippen LogP contribution >= 0.6 is 0 Å². The normalized spacial score (nSPS) is 16.0. The van der Waals surface area contributed by atoms with E-state index < -0.39 is 0 Å². The van der Waals surface area contributed by atoms with E-state index in [4.69, 9.17) is 0 Å². The molecule has 0 amide bonds. The van der Waals surface area contributed by atoms with Crippen molar-refractivity contribution in [3.8, 4) is 39.3 Å². The molecule has 16 aromatic rings. The Kier molecular flexibility index (Phi) is 13.5. The number of hydrogen-bond acceptors (Lipinski definition) is 2. The molecule has 0 unspecified atom stereocenters. The lowest BCUT2D eigenvalue weighted by molar-refractivity contribution is 0.402. The van der Waals surface area contributed by atoms with Crippen LogP contribution in [0.2, 0.25) is 0 Å². The maximum Gasteiger partial charge on any atom is 0.252 e. The second kappa shape index (κ2) is 22.2. The monoisotopic (exact) mass is 1370 g/mol. The van der Waals surface area contributed by atoms with Crippen LogP contribution in [0.15, 0.2) is 267 Å². The number of nitrogens with zero attached hydrogens (tertiary/aromatic N) is 5. The number of para-hydroxylation sites is 4. The lowest BCUT2D eigenvalue weighted by Crippen LogP contribution is -2.61. The molecule has 0 atom stereocenters. The van der Waals surface area contributed by atoms with Gasteiger partial charge in [-0.3, -0.25) is 0 Å². The first-order valence-corrected chi connectivity index (χ1v) is 38.4. The van der Waals surface area contributed by atoms with E-state index in [-0.39, 0.29) is 39.2 Å². The van der Waals surface area contributed by atoms with Gasteiger partial charge in [-0.25, -0.2) is 0 Å². The molecule has 4 aliphatic rings. The van der Waals surface area contributed by atoms with Crippen molar-refractivity contribution in [2.24, 2.45) is 0 Å². The van der Waals surface area contributed by atoms with Gasteiger partial charge in [0.05, 0.1) is 38.8 Å². The summed E-state index contributed by atoms with van der Waals surface area (Å²) in [6.45, 7) is 33.1.